The highest BCUT2D eigenvalue weighted by Gasteiger charge is 2.19. The summed E-state index contributed by atoms with van der Waals surface area (Å²) in [4.78, 5) is 13.9. The van der Waals surface area contributed by atoms with Gasteiger partial charge in [-0.2, -0.15) is 0 Å². The molecule has 5 nitrogen and oxygen atoms in total. The first-order chi connectivity index (χ1) is 8.31. The molecule has 4 N–H and O–H groups in total. The zero-order chi connectivity index (χ0) is 13.9. The minimum Gasteiger partial charge on any atom is -0.508 e. The largest absolute Gasteiger partial charge is 0.508 e. The van der Waals surface area contributed by atoms with Gasteiger partial charge in [-0.3, -0.25) is 4.79 Å². The van der Waals surface area contributed by atoms with Crippen LogP contribution in [0.4, 0.5) is 0 Å². The predicted molar refractivity (Wildman–Crippen MR) is 72.7 cm³/mol. The SMILES string of the molecule is CC(CC(N)=S)N(C)C(=O)c1cc(O)cc(O)c1. The summed E-state index contributed by atoms with van der Waals surface area (Å²) in [6.07, 6.45) is 0.419. The predicted octanol–water partition coefficient (Wildman–Crippen LogP) is 1.23. The lowest BCUT2D eigenvalue weighted by atomic mass is 10.1. The lowest BCUT2D eigenvalue weighted by Crippen LogP contribution is -2.37. The molecule has 0 saturated heterocycles. The van der Waals surface area contributed by atoms with Gasteiger partial charge in [-0.15, -0.1) is 0 Å². The number of phenolic OH excluding ortho intramolecular Hbond substituents is 2. The number of thiocarbonyl (C=S) groups is 1. The molecule has 1 rings (SSSR count). The average Bonchev–Trinajstić information content (AvgIpc) is 2.24. The number of aromatic hydroxyl groups is 2. The fourth-order valence-electron chi connectivity index (χ4n) is 1.55. The number of nitrogens with two attached hydrogens (primary N) is 1. The van der Waals surface area contributed by atoms with Gasteiger partial charge < -0.3 is 20.8 Å². The molecular weight excluding hydrogens is 252 g/mol. The van der Waals surface area contributed by atoms with Crippen LogP contribution >= 0.6 is 12.2 Å². The minimum absolute atomic E-state index is 0.153. The van der Waals surface area contributed by atoms with Crippen molar-refractivity contribution in [2.75, 3.05) is 7.05 Å². The summed E-state index contributed by atoms with van der Waals surface area (Å²) in [6.45, 7) is 1.82. The Balaban J connectivity index is 2.89. The molecule has 0 heterocycles. The van der Waals surface area contributed by atoms with E-state index in [2.05, 4.69) is 0 Å². The fraction of sp³-hybridized carbons (Fsp3) is 0.333. The van der Waals surface area contributed by atoms with Gasteiger partial charge in [0.15, 0.2) is 0 Å². The third-order valence-electron chi connectivity index (χ3n) is 2.63. The molecule has 0 fully saturated rings. The van der Waals surface area contributed by atoms with Gasteiger partial charge in [0, 0.05) is 31.1 Å². The van der Waals surface area contributed by atoms with Gasteiger partial charge in [-0.25, -0.2) is 0 Å². The summed E-state index contributed by atoms with van der Waals surface area (Å²) < 4.78 is 0. The molecule has 0 aliphatic carbocycles. The molecule has 1 unspecified atom stereocenters. The summed E-state index contributed by atoms with van der Waals surface area (Å²) in [6, 6.07) is 3.60. The van der Waals surface area contributed by atoms with E-state index in [0.717, 1.165) is 6.07 Å². The maximum Gasteiger partial charge on any atom is 0.254 e. The molecule has 98 valence electrons. The number of amides is 1. The zero-order valence-corrected chi connectivity index (χ0v) is 11.1. The Bertz CT molecular complexity index is 456. The van der Waals surface area contributed by atoms with Crippen molar-refractivity contribution in [2.24, 2.45) is 5.73 Å². The summed E-state index contributed by atoms with van der Waals surface area (Å²) in [5.41, 5.74) is 5.64. The number of phenols is 2. The van der Waals surface area contributed by atoms with Crippen molar-refractivity contribution in [2.45, 2.75) is 19.4 Å². The van der Waals surface area contributed by atoms with Crippen LogP contribution < -0.4 is 5.73 Å². The molecule has 0 bridgehead atoms. The van der Waals surface area contributed by atoms with E-state index in [1.807, 2.05) is 6.92 Å². The monoisotopic (exact) mass is 268 g/mol. The van der Waals surface area contributed by atoms with Gasteiger partial charge in [0.2, 0.25) is 0 Å². The molecule has 1 atom stereocenters. The Morgan fingerprint density at radius 3 is 2.33 bits per heavy atom. The number of rotatable bonds is 4. The molecule has 1 amide bonds. The molecular formula is C12H16N2O3S. The van der Waals surface area contributed by atoms with Crippen LogP contribution in [-0.4, -0.2) is 39.1 Å². The standard InChI is InChI=1S/C12H16N2O3S/c1-7(3-11(13)18)14(2)12(17)8-4-9(15)6-10(16)5-8/h4-7,15-16H,3H2,1-2H3,(H2,13,18). The molecule has 0 aliphatic heterocycles. The second-order valence-electron chi connectivity index (χ2n) is 4.17. The van der Waals surface area contributed by atoms with Crippen LogP contribution in [0.1, 0.15) is 23.7 Å². The highest BCUT2D eigenvalue weighted by molar-refractivity contribution is 7.80. The van der Waals surface area contributed by atoms with Crippen molar-refractivity contribution >= 4 is 23.1 Å². The van der Waals surface area contributed by atoms with E-state index in [1.54, 1.807) is 7.05 Å². The van der Waals surface area contributed by atoms with Gasteiger partial charge in [-0.05, 0) is 19.1 Å². The quantitative estimate of drug-likeness (QED) is 0.715. The van der Waals surface area contributed by atoms with Crippen LogP contribution in [0.2, 0.25) is 0 Å². The normalized spacial score (nSPS) is 11.9. The van der Waals surface area contributed by atoms with E-state index >= 15 is 0 Å². The third kappa shape index (κ3) is 3.59. The first-order valence-electron chi connectivity index (χ1n) is 5.39. The second-order valence-corrected chi connectivity index (χ2v) is 4.70. The number of benzene rings is 1. The molecule has 6 heteroatoms. The van der Waals surface area contributed by atoms with Gasteiger partial charge in [0.1, 0.15) is 11.5 Å². The maximum atomic E-state index is 12.1. The Morgan fingerprint density at radius 1 is 1.39 bits per heavy atom. The summed E-state index contributed by atoms with van der Waals surface area (Å²) in [5.74, 6) is -0.632. The van der Waals surface area contributed by atoms with Crippen LogP contribution in [-0.2, 0) is 0 Å². The van der Waals surface area contributed by atoms with Crippen molar-refractivity contribution in [1.29, 1.82) is 0 Å². The van der Waals surface area contributed by atoms with Crippen LogP contribution in [0.25, 0.3) is 0 Å². The van der Waals surface area contributed by atoms with Crippen LogP contribution in [0.5, 0.6) is 11.5 Å². The van der Waals surface area contributed by atoms with Gasteiger partial charge >= 0.3 is 0 Å². The molecule has 0 saturated carbocycles. The van der Waals surface area contributed by atoms with E-state index in [9.17, 15) is 15.0 Å². The van der Waals surface area contributed by atoms with Crippen LogP contribution in [0.15, 0.2) is 18.2 Å². The zero-order valence-electron chi connectivity index (χ0n) is 10.3. The van der Waals surface area contributed by atoms with E-state index in [-0.39, 0.29) is 29.0 Å². The molecule has 1 aromatic carbocycles. The number of hydrogen-bond acceptors (Lipinski definition) is 4. The van der Waals surface area contributed by atoms with Crippen molar-refractivity contribution in [3.05, 3.63) is 23.8 Å². The number of nitrogens with zero attached hydrogens (tertiary/aromatic N) is 1. The van der Waals surface area contributed by atoms with Crippen LogP contribution in [0.3, 0.4) is 0 Å². The highest BCUT2D eigenvalue weighted by Crippen LogP contribution is 2.21. The van der Waals surface area contributed by atoms with E-state index in [1.165, 1.54) is 17.0 Å². The minimum atomic E-state index is -0.315. The maximum absolute atomic E-state index is 12.1. The molecule has 18 heavy (non-hydrogen) atoms. The van der Waals surface area contributed by atoms with Crippen molar-refractivity contribution in [3.63, 3.8) is 0 Å². The Morgan fingerprint density at radius 2 is 1.89 bits per heavy atom. The second kappa shape index (κ2) is 5.68. The van der Waals surface area contributed by atoms with Gasteiger partial charge in [-0.1, -0.05) is 12.2 Å². The van der Waals surface area contributed by atoms with E-state index in [0.29, 0.717) is 11.4 Å². The van der Waals surface area contributed by atoms with Crippen molar-refractivity contribution in [1.82, 2.24) is 4.90 Å². The summed E-state index contributed by atoms with van der Waals surface area (Å²) in [7, 11) is 1.62. The average molecular weight is 268 g/mol. The molecule has 0 spiro atoms. The first kappa shape index (κ1) is 14.2. The van der Waals surface area contributed by atoms with Gasteiger partial charge in [0.05, 0.1) is 4.99 Å². The molecule has 0 aliphatic rings. The number of carbonyl (C=O) groups is 1. The first-order valence-corrected chi connectivity index (χ1v) is 5.80. The molecule has 0 radical (unpaired) electrons. The summed E-state index contributed by atoms with van der Waals surface area (Å²) >= 11 is 4.80. The topological polar surface area (TPSA) is 86.8 Å². The highest BCUT2D eigenvalue weighted by atomic mass is 32.1. The number of carbonyl (C=O) groups excluding carboxylic acids is 1. The number of hydrogen-bond donors (Lipinski definition) is 3. The smallest absolute Gasteiger partial charge is 0.254 e. The van der Waals surface area contributed by atoms with Crippen LogP contribution in [0, 0.1) is 0 Å². The van der Waals surface area contributed by atoms with Gasteiger partial charge in [0.25, 0.3) is 5.91 Å². The lowest BCUT2D eigenvalue weighted by Gasteiger charge is -2.24. The Kier molecular flexibility index (Phi) is 4.49. The van der Waals surface area contributed by atoms with Crippen molar-refractivity contribution < 1.29 is 15.0 Å². The Labute approximate surface area is 111 Å². The molecule has 0 aromatic heterocycles. The fourth-order valence-corrected chi connectivity index (χ4v) is 1.79. The third-order valence-corrected chi connectivity index (χ3v) is 2.79. The molecule has 1 aromatic rings. The Hall–Kier alpha value is -1.82. The summed E-state index contributed by atoms with van der Waals surface area (Å²) in [5, 5.41) is 18.7. The van der Waals surface area contributed by atoms with E-state index < -0.39 is 0 Å². The van der Waals surface area contributed by atoms with E-state index in [4.69, 9.17) is 18.0 Å². The van der Waals surface area contributed by atoms with Crippen molar-refractivity contribution in [3.8, 4) is 11.5 Å². The lowest BCUT2D eigenvalue weighted by molar-refractivity contribution is 0.0747.